The van der Waals surface area contributed by atoms with Gasteiger partial charge in [-0.3, -0.25) is 19.5 Å². The topological polar surface area (TPSA) is 84.0 Å². The predicted octanol–water partition coefficient (Wildman–Crippen LogP) is 1.30. The van der Waals surface area contributed by atoms with E-state index in [1.54, 1.807) is 12.1 Å². The van der Waals surface area contributed by atoms with Crippen LogP contribution in [0, 0.1) is 5.82 Å². The molecule has 0 spiro atoms. The number of H-pyrrole nitrogens is 1. The average molecular weight is 345 g/mol. The standard InChI is InChI=1S/C18H20FN3O3/c19-14-5-3-13(4-6-14)18(9-1-2-10-18)12-20-16(24)11-22-17(25)8-7-15(23)21-22/h3-8H,1-2,9-12H2,(H,20,24)(H,21,23). The predicted molar refractivity (Wildman–Crippen MR) is 90.9 cm³/mol. The van der Waals surface area contributed by atoms with E-state index in [2.05, 4.69) is 10.4 Å². The highest BCUT2D eigenvalue weighted by Crippen LogP contribution is 2.40. The normalized spacial score (nSPS) is 15.9. The van der Waals surface area contributed by atoms with E-state index in [1.165, 1.54) is 12.1 Å². The van der Waals surface area contributed by atoms with Gasteiger partial charge in [0.25, 0.3) is 11.1 Å². The minimum atomic E-state index is -0.441. The SMILES string of the molecule is O=C(Cn1[nH]c(=O)ccc1=O)NCC1(c2ccc(F)cc2)CCCC1. The summed E-state index contributed by atoms with van der Waals surface area (Å²) < 4.78 is 14.2. The van der Waals surface area contributed by atoms with E-state index in [0.717, 1.165) is 48.1 Å². The molecule has 1 aliphatic rings. The largest absolute Gasteiger partial charge is 0.354 e. The number of benzene rings is 1. The fourth-order valence-corrected chi connectivity index (χ4v) is 3.47. The molecule has 132 valence electrons. The summed E-state index contributed by atoms with van der Waals surface area (Å²) in [7, 11) is 0. The van der Waals surface area contributed by atoms with Crippen molar-refractivity contribution >= 4 is 5.91 Å². The number of hydrogen-bond donors (Lipinski definition) is 2. The highest BCUT2D eigenvalue weighted by molar-refractivity contribution is 5.75. The lowest BCUT2D eigenvalue weighted by Crippen LogP contribution is -2.42. The molecule has 0 bridgehead atoms. The van der Waals surface area contributed by atoms with Crippen molar-refractivity contribution in [2.45, 2.75) is 37.6 Å². The molecule has 3 rings (SSSR count). The first-order chi connectivity index (χ1) is 12.0. The van der Waals surface area contributed by atoms with Crippen LogP contribution >= 0.6 is 0 Å². The van der Waals surface area contributed by atoms with Gasteiger partial charge in [-0.1, -0.05) is 25.0 Å². The molecule has 1 fully saturated rings. The van der Waals surface area contributed by atoms with Gasteiger partial charge in [0, 0.05) is 24.1 Å². The maximum Gasteiger partial charge on any atom is 0.265 e. The van der Waals surface area contributed by atoms with Crippen LogP contribution in [0.3, 0.4) is 0 Å². The van der Waals surface area contributed by atoms with Crippen LogP contribution in [0.2, 0.25) is 0 Å². The smallest absolute Gasteiger partial charge is 0.265 e. The van der Waals surface area contributed by atoms with E-state index in [4.69, 9.17) is 0 Å². The zero-order valence-electron chi connectivity index (χ0n) is 13.8. The molecule has 1 saturated carbocycles. The van der Waals surface area contributed by atoms with Crippen LogP contribution in [-0.4, -0.2) is 22.2 Å². The molecule has 7 heteroatoms. The van der Waals surface area contributed by atoms with Crippen LogP contribution in [0.25, 0.3) is 0 Å². The maximum atomic E-state index is 13.2. The minimum absolute atomic E-state index is 0.210. The van der Waals surface area contributed by atoms with E-state index in [9.17, 15) is 18.8 Å². The van der Waals surface area contributed by atoms with E-state index >= 15 is 0 Å². The fourth-order valence-electron chi connectivity index (χ4n) is 3.47. The molecular weight excluding hydrogens is 325 g/mol. The van der Waals surface area contributed by atoms with Gasteiger partial charge in [0.1, 0.15) is 12.4 Å². The number of hydrogen-bond acceptors (Lipinski definition) is 3. The average Bonchev–Trinajstić information content (AvgIpc) is 3.07. The van der Waals surface area contributed by atoms with Crippen molar-refractivity contribution < 1.29 is 9.18 Å². The van der Waals surface area contributed by atoms with Crippen molar-refractivity contribution in [3.05, 3.63) is 68.5 Å². The van der Waals surface area contributed by atoms with Crippen LogP contribution in [-0.2, 0) is 16.8 Å². The highest BCUT2D eigenvalue weighted by atomic mass is 19.1. The molecule has 1 aromatic heterocycles. The number of carbonyl (C=O) groups excluding carboxylic acids is 1. The van der Waals surface area contributed by atoms with Gasteiger partial charge in [0.05, 0.1) is 0 Å². The zero-order chi connectivity index (χ0) is 17.9. The molecule has 2 N–H and O–H groups in total. The van der Waals surface area contributed by atoms with Crippen molar-refractivity contribution in [1.29, 1.82) is 0 Å². The van der Waals surface area contributed by atoms with Crippen molar-refractivity contribution in [3.63, 3.8) is 0 Å². The van der Waals surface area contributed by atoms with Gasteiger partial charge in [-0.15, -0.1) is 0 Å². The number of nitrogens with one attached hydrogen (secondary N) is 2. The van der Waals surface area contributed by atoms with Gasteiger partial charge >= 0.3 is 0 Å². The summed E-state index contributed by atoms with van der Waals surface area (Å²) >= 11 is 0. The molecule has 2 aromatic rings. The van der Waals surface area contributed by atoms with E-state index in [0.29, 0.717) is 6.54 Å². The Balaban J connectivity index is 1.70. The zero-order valence-corrected chi connectivity index (χ0v) is 13.8. The third-order valence-electron chi connectivity index (χ3n) is 4.83. The molecule has 1 aromatic carbocycles. The van der Waals surface area contributed by atoms with Gasteiger partial charge in [0.15, 0.2) is 0 Å². The first-order valence-electron chi connectivity index (χ1n) is 8.31. The summed E-state index contributed by atoms with van der Waals surface area (Å²) in [6.07, 6.45) is 3.94. The molecule has 6 nitrogen and oxygen atoms in total. The molecule has 0 unspecified atom stereocenters. The second kappa shape index (κ2) is 7.04. The maximum absolute atomic E-state index is 13.2. The third-order valence-corrected chi connectivity index (χ3v) is 4.83. The first-order valence-corrected chi connectivity index (χ1v) is 8.31. The Labute approximate surface area is 143 Å². The number of aromatic amines is 1. The van der Waals surface area contributed by atoms with E-state index < -0.39 is 11.1 Å². The van der Waals surface area contributed by atoms with Crippen LogP contribution in [0.1, 0.15) is 31.2 Å². The second-order valence-corrected chi connectivity index (χ2v) is 6.50. The van der Waals surface area contributed by atoms with Crippen molar-refractivity contribution in [3.8, 4) is 0 Å². The van der Waals surface area contributed by atoms with Crippen molar-refractivity contribution in [1.82, 2.24) is 15.1 Å². The van der Waals surface area contributed by atoms with Gasteiger partial charge in [0.2, 0.25) is 5.91 Å². The first kappa shape index (κ1) is 17.1. The Morgan fingerprint density at radius 2 is 1.80 bits per heavy atom. The van der Waals surface area contributed by atoms with Gasteiger partial charge in [-0.25, -0.2) is 9.07 Å². The summed E-state index contributed by atoms with van der Waals surface area (Å²) in [6.45, 7) is 0.178. The summed E-state index contributed by atoms with van der Waals surface area (Å²) in [5.74, 6) is -0.634. The van der Waals surface area contributed by atoms with Gasteiger partial charge in [-0.05, 0) is 30.5 Å². The lowest BCUT2D eigenvalue weighted by atomic mass is 9.79. The minimum Gasteiger partial charge on any atom is -0.354 e. The molecule has 1 aliphatic carbocycles. The van der Waals surface area contributed by atoms with E-state index in [1.807, 2.05) is 0 Å². The Morgan fingerprint density at radius 1 is 1.12 bits per heavy atom. The lowest BCUT2D eigenvalue weighted by molar-refractivity contribution is -0.122. The van der Waals surface area contributed by atoms with Crippen molar-refractivity contribution in [2.75, 3.05) is 6.54 Å². The molecule has 0 saturated heterocycles. The summed E-state index contributed by atoms with van der Waals surface area (Å²) in [6, 6.07) is 8.66. The highest BCUT2D eigenvalue weighted by Gasteiger charge is 2.35. The van der Waals surface area contributed by atoms with Crippen LogP contribution < -0.4 is 16.4 Å². The number of halogens is 1. The number of amides is 1. The third kappa shape index (κ3) is 3.87. The number of rotatable bonds is 5. The molecule has 0 aliphatic heterocycles. The van der Waals surface area contributed by atoms with Gasteiger partial charge < -0.3 is 5.32 Å². The van der Waals surface area contributed by atoms with Gasteiger partial charge in [-0.2, -0.15) is 0 Å². The molecule has 1 amide bonds. The molecule has 0 radical (unpaired) electrons. The van der Waals surface area contributed by atoms with Crippen LogP contribution in [0.5, 0.6) is 0 Å². The Bertz CT molecular complexity index is 864. The Morgan fingerprint density at radius 3 is 2.48 bits per heavy atom. The molecular formula is C18H20FN3O3. The Kier molecular flexibility index (Phi) is 4.83. The molecule has 25 heavy (non-hydrogen) atoms. The monoisotopic (exact) mass is 345 g/mol. The summed E-state index contributed by atoms with van der Waals surface area (Å²) in [5, 5.41) is 5.19. The number of aromatic nitrogens is 2. The second-order valence-electron chi connectivity index (χ2n) is 6.50. The fraction of sp³-hybridized carbons (Fsp3) is 0.389. The summed E-state index contributed by atoms with van der Waals surface area (Å²) in [4.78, 5) is 35.1. The van der Waals surface area contributed by atoms with Crippen LogP contribution in [0.15, 0.2) is 46.0 Å². The molecule has 0 atom stereocenters. The van der Waals surface area contributed by atoms with Crippen molar-refractivity contribution in [2.24, 2.45) is 0 Å². The molecule has 1 heterocycles. The van der Waals surface area contributed by atoms with E-state index in [-0.39, 0.29) is 23.7 Å². The quantitative estimate of drug-likeness (QED) is 0.857. The van der Waals surface area contributed by atoms with Crippen LogP contribution in [0.4, 0.5) is 4.39 Å². The Hall–Kier alpha value is -2.70. The number of nitrogens with zero attached hydrogens (tertiary/aromatic N) is 1. The number of carbonyl (C=O) groups is 1. The summed E-state index contributed by atoms with van der Waals surface area (Å²) in [5.41, 5.74) is -0.0786. The lowest BCUT2D eigenvalue weighted by Gasteiger charge is -2.30.